The number of benzene rings is 2. The molecule has 4 amide bonds. The lowest BCUT2D eigenvalue weighted by Gasteiger charge is -2.32. The standard InChI is InChI=1S/C44H53N5O9S/c1-3-30-25-44(30,42(52)48-59(54,55)32-18-19-32)47-40(50)36-22-31-26-49(36)41(51)39(28-15-10-11-16-28)46-43(53)57-20-12-5-4-7-17-29-21-33-35(24-37(29)56-2)45-34(23-38(33)58-31)27-13-8-6-9-14-27/h3,6,8-9,13-14,21,23-24,28,30-32,36,39H,1,4-5,7,10-12,15-20,22,25-26H2,2H3,(H,46,53)(H,47,50)(H,48,52)/t30-,31+,36-,39-,44+/m0/s1. The number of aromatic nitrogens is 1. The summed E-state index contributed by atoms with van der Waals surface area (Å²) in [6.45, 7) is 4.03. The van der Waals surface area contributed by atoms with Crippen molar-refractivity contribution in [1.29, 1.82) is 0 Å². The van der Waals surface area contributed by atoms with E-state index in [4.69, 9.17) is 19.2 Å². The maximum Gasteiger partial charge on any atom is 0.407 e. The van der Waals surface area contributed by atoms with Gasteiger partial charge in [0.1, 0.15) is 35.2 Å². The summed E-state index contributed by atoms with van der Waals surface area (Å²) in [5.74, 6) is -1.34. The van der Waals surface area contributed by atoms with Crippen molar-refractivity contribution in [2.24, 2.45) is 11.8 Å². The maximum atomic E-state index is 14.9. The predicted octanol–water partition coefficient (Wildman–Crippen LogP) is 5.33. The zero-order chi connectivity index (χ0) is 41.3. The number of pyridine rings is 1. The van der Waals surface area contributed by atoms with Crippen LogP contribution in [-0.4, -0.2) is 91.4 Å². The summed E-state index contributed by atoms with van der Waals surface area (Å²) in [5.41, 5.74) is 1.64. The molecule has 4 bridgehead atoms. The van der Waals surface area contributed by atoms with Gasteiger partial charge in [-0.1, -0.05) is 62.1 Å². The predicted molar refractivity (Wildman–Crippen MR) is 220 cm³/mol. The number of hydrogen-bond donors (Lipinski definition) is 3. The fraction of sp³-hybridized carbons (Fsp3) is 0.523. The van der Waals surface area contributed by atoms with E-state index in [9.17, 15) is 27.6 Å². The summed E-state index contributed by atoms with van der Waals surface area (Å²) in [6, 6.07) is 13.5. The number of methoxy groups -OCH3 is 1. The van der Waals surface area contributed by atoms with Gasteiger partial charge in [0.2, 0.25) is 21.8 Å². The Hall–Kier alpha value is -5.18. The Bertz CT molecular complexity index is 2230. The lowest BCUT2D eigenvalue weighted by atomic mass is 9.96. The number of ether oxygens (including phenoxy) is 3. The van der Waals surface area contributed by atoms with Crippen LogP contribution in [0.2, 0.25) is 0 Å². The molecule has 5 atom stereocenters. The number of nitrogens with one attached hydrogen (secondary N) is 3. The van der Waals surface area contributed by atoms with Gasteiger partial charge >= 0.3 is 6.09 Å². The van der Waals surface area contributed by atoms with Gasteiger partial charge in [0.25, 0.3) is 5.91 Å². The molecule has 1 saturated heterocycles. The normalized spacial score (nSPS) is 26.8. The summed E-state index contributed by atoms with van der Waals surface area (Å²) in [5, 5.41) is 5.86. The first-order valence-corrected chi connectivity index (χ1v) is 22.5. The average Bonchev–Trinajstić information content (AvgIpc) is 4.11. The number of carbonyl (C=O) groups is 4. The number of aryl methyl sites for hydroxylation is 1. The molecule has 314 valence electrons. The van der Waals surface area contributed by atoms with E-state index in [1.807, 2.05) is 48.5 Å². The monoisotopic (exact) mass is 827 g/mol. The van der Waals surface area contributed by atoms with Crippen LogP contribution in [0.15, 0.2) is 61.2 Å². The van der Waals surface area contributed by atoms with Gasteiger partial charge in [-0.05, 0) is 68.9 Å². The van der Waals surface area contributed by atoms with Crippen LogP contribution in [0.3, 0.4) is 0 Å². The van der Waals surface area contributed by atoms with Gasteiger partial charge < -0.3 is 29.7 Å². The number of cyclic esters (lactones) is 1. The quantitative estimate of drug-likeness (QED) is 0.239. The molecule has 3 aliphatic carbocycles. The van der Waals surface area contributed by atoms with E-state index in [0.29, 0.717) is 42.0 Å². The number of amides is 4. The molecule has 4 fully saturated rings. The zero-order valence-corrected chi connectivity index (χ0v) is 34.3. The van der Waals surface area contributed by atoms with Crippen molar-refractivity contribution in [3.63, 3.8) is 0 Å². The molecule has 2 aromatic carbocycles. The van der Waals surface area contributed by atoms with E-state index >= 15 is 0 Å². The van der Waals surface area contributed by atoms with E-state index in [-0.39, 0.29) is 31.9 Å². The first kappa shape index (κ1) is 40.6. The topological polar surface area (TPSA) is 182 Å². The van der Waals surface area contributed by atoms with Crippen molar-refractivity contribution in [3.8, 4) is 22.8 Å². The molecule has 2 aliphatic heterocycles. The summed E-state index contributed by atoms with van der Waals surface area (Å²) in [6.07, 6.45) is 8.57. The van der Waals surface area contributed by atoms with Crippen molar-refractivity contribution in [2.75, 3.05) is 20.3 Å². The Morgan fingerprint density at radius 3 is 2.49 bits per heavy atom. The molecule has 0 spiro atoms. The third-order valence-electron chi connectivity index (χ3n) is 12.6. The average molecular weight is 828 g/mol. The molecule has 3 N–H and O–H groups in total. The van der Waals surface area contributed by atoms with Crippen LogP contribution in [0.25, 0.3) is 22.2 Å². The molecule has 1 aromatic heterocycles. The smallest absolute Gasteiger partial charge is 0.407 e. The van der Waals surface area contributed by atoms with Crippen molar-refractivity contribution in [1.82, 2.24) is 25.2 Å². The van der Waals surface area contributed by atoms with Crippen molar-refractivity contribution in [3.05, 3.63) is 66.7 Å². The molecular formula is C44H53N5O9S. The van der Waals surface area contributed by atoms with Crippen LogP contribution >= 0.6 is 0 Å². The third-order valence-corrected chi connectivity index (χ3v) is 14.4. The second-order valence-electron chi connectivity index (χ2n) is 16.7. The summed E-state index contributed by atoms with van der Waals surface area (Å²) in [4.78, 5) is 62.8. The lowest BCUT2D eigenvalue weighted by molar-refractivity contribution is -0.142. The van der Waals surface area contributed by atoms with E-state index in [0.717, 1.165) is 67.9 Å². The van der Waals surface area contributed by atoms with Gasteiger partial charge in [0, 0.05) is 35.4 Å². The van der Waals surface area contributed by atoms with Crippen LogP contribution in [0.4, 0.5) is 4.79 Å². The van der Waals surface area contributed by atoms with E-state index < -0.39 is 68.7 Å². The first-order valence-electron chi connectivity index (χ1n) is 21.0. The minimum atomic E-state index is -3.91. The number of hydrogen-bond acceptors (Lipinski definition) is 10. The van der Waals surface area contributed by atoms with Gasteiger partial charge in [-0.3, -0.25) is 19.1 Å². The van der Waals surface area contributed by atoms with E-state index in [1.54, 1.807) is 7.11 Å². The number of rotatable bonds is 9. The molecule has 0 radical (unpaired) electrons. The van der Waals surface area contributed by atoms with Gasteiger partial charge in [0.05, 0.1) is 36.7 Å². The van der Waals surface area contributed by atoms with Crippen molar-refractivity contribution >= 4 is 44.7 Å². The minimum absolute atomic E-state index is 0.00447. The number of carbonyl (C=O) groups excluding carboxylic acids is 4. The van der Waals surface area contributed by atoms with E-state index in [2.05, 4.69) is 21.9 Å². The van der Waals surface area contributed by atoms with Crippen LogP contribution < -0.4 is 24.8 Å². The summed E-state index contributed by atoms with van der Waals surface area (Å²) in [7, 11) is -2.27. The van der Waals surface area contributed by atoms with Gasteiger partial charge in [-0.25, -0.2) is 18.2 Å². The Morgan fingerprint density at radius 1 is 1.02 bits per heavy atom. The Balaban J connectivity index is 1.17. The molecule has 59 heavy (non-hydrogen) atoms. The SMILES string of the molecule is C=C[C@H]1C[C@]1(NC(=O)[C@@H]1C[C@@H]2CN1C(=O)[C@H](C1CCCC1)NC(=O)OCCCCCCc1cc3c(cc(-c4ccccc4)nc3cc1OC)O2)C(=O)NS(=O)(=O)C1CC1. The maximum absolute atomic E-state index is 14.9. The number of sulfonamides is 1. The molecule has 0 unspecified atom stereocenters. The second kappa shape index (κ2) is 16.8. The Kier molecular flexibility index (Phi) is 11.6. The highest BCUT2D eigenvalue weighted by molar-refractivity contribution is 7.91. The zero-order valence-electron chi connectivity index (χ0n) is 33.5. The number of alkyl carbamates (subject to hydrolysis) is 1. The van der Waals surface area contributed by atoms with Gasteiger partial charge in [-0.15, -0.1) is 6.58 Å². The fourth-order valence-corrected chi connectivity index (χ4v) is 10.4. The van der Waals surface area contributed by atoms with Crippen molar-refractivity contribution in [2.45, 2.75) is 112 Å². The molecular weight excluding hydrogens is 775 g/mol. The van der Waals surface area contributed by atoms with E-state index in [1.165, 1.54) is 11.0 Å². The van der Waals surface area contributed by atoms with Crippen molar-refractivity contribution < 1.29 is 41.8 Å². The minimum Gasteiger partial charge on any atom is -0.496 e. The molecule has 3 saturated carbocycles. The number of nitrogens with zero attached hydrogens (tertiary/aromatic N) is 2. The van der Waals surface area contributed by atoms with Crippen LogP contribution in [0, 0.1) is 11.8 Å². The fourth-order valence-electron chi connectivity index (χ4n) is 9.04. The Labute approximate surface area is 344 Å². The highest BCUT2D eigenvalue weighted by atomic mass is 32.2. The molecule has 3 aromatic rings. The molecule has 3 heterocycles. The highest BCUT2D eigenvalue weighted by Gasteiger charge is 2.62. The third kappa shape index (κ3) is 8.62. The largest absolute Gasteiger partial charge is 0.496 e. The number of fused-ring (bicyclic) bond motifs is 3. The Morgan fingerprint density at radius 2 is 1.78 bits per heavy atom. The molecule has 8 rings (SSSR count). The summed E-state index contributed by atoms with van der Waals surface area (Å²) < 4.78 is 46.2. The van der Waals surface area contributed by atoms with Gasteiger partial charge in [-0.2, -0.15) is 0 Å². The lowest BCUT2D eigenvalue weighted by Crippen LogP contribution is -2.59. The van der Waals surface area contributed by atoms with Crippen LogP contribution in [0.1, 0.15) is 82.6 Å². The molecule has 14 nitrogen and oxygen atoms in total. The van der Waals surface area contributed by atoms with Crippen LogP contribution in [-0.2, 0) is 35.6 Å². The first-order chi connectivity index (χ1) is 28.5. The highest BCUT2D eigenvalue weighted by Crippen LogP contribution is 2.46. The second-order valence-corrected chi connectivity index (χ2v) is 18.6. The molecule has 15 heteroatoms. The van der Waals surface area contributed by atoms with Crippen LogP contribution in [0.5, 0.6) is 11.5 Å². The van der Waals surface area contributed by atoms with Gasteiger partial charge in [0.15, 0.2) is 0 Å². The molecule has 5 aliphatic rings. The summed E-state index contributed by atoms with van der Waals surface area (Å²) >= 11 is 0.